The molecule has 1 N–H and O–H groups in total. The number of carbonyl (C=O) groups is 1. The van der Waals surface area contributed by atoms with Crippen molar-refractivity contribution in [3.05, 3.63) is 52.8 Å². The van der Waals surface area contributed by atoms with Crippen LogP contribution in [-0.4, -0.2) is 38.8 Å². The van der Waals surface area contributed by atoms with Crippen molar-refractivity contribution in [2.24, 2.45) is 7.05 Å². The predicted octanol–water partition coefficient (Wildman–Crippen LogP) is 3.04. The standard InChI is InChI=1S/C18H24N4OS/c1-13-4-6-15(7-5-13)17-12-24-9-8-22(17)18(23)19-10-16-11-20-21(3)14(16)2/h4-7,11,17H,8-10,12H2,1-3H3,(H,19,23)/t17-/m1/s1. The Morgan fingerprint density at radius 2 is 2.08 bits per heavy atom. The number of rotatable bonds is 3. The minimum atomic E-state index is 0.00382. The minimum absolute atomic E-state index is 0.00382. The van der Waals surface area contributed by atoms with Crippen LogP contribution in [0, 0.1) is 13.8 Å². The molecule has 128 valence electrons. The Hall–Kier alpha value is -1.95. The number of aryl methyl sites for hydroxylation is 2. The Labute approximate surface area is 147 Å². The number of amides is 2. The maximum atomic E-state index is 12.7. The van der Waals surface area contributed by atoms with Crippen LogP contribution >= 0.6 is 11.8 Å². The van der Waals surface area contributed by atoms with Gasteiger partial charge in [0.1, 0.15) is 0 Å². The third-order valence-corrected chi connectivity index (χ3v) is 5.64. The van der Waals surface area contributed by atoms with E-state index < -0.39 is 0 Å². The molecular weight excluding hydrogens is 320 g/mol. The molecule has 0 radical (unpaired) electrons. The molecule has 2 heterocycles. The molecule has 0 aliphatic carbocycles. The molecule has 1 aromatic carbocycles. The van der Waals surface area contributed by atoms with Crippen molar-refractivity contribution in [2.75, 3.05) is 18.1 Å². The number of benzene rings is 1. The summed E-state index contributed by atoms with van der Waals surface area (Å²) in [6.07, 6.45) is 1.82. The summed E-state index contributed by atoms with van der Waals surface area (Å²) in [5.41, 5.74) is 4.59. The summed E-state index contributed by atoms with van der Waals surface area (Å²) in [6, 6.07) is 8.64. The van der Waals surface area contributed by atoms with Crippen LogP contribution in [0.3, 0.4) is 0 Å². The average molecular weight is 344 g/mol. The Morgan fingerprint density at radius 3 is 2.75 bits per heavy atom. The lowest BCUT2D eigenvalue weighted by Gasteiger charge is -2.35. The van der Waals surface area contributed by atoms with Crippen LogP contribution < -0.4 is 5.32 Å². The summed E-state index contributed by atoms with van der Waals surface area (Å²) in [4.78, 5) is 14.7. The summed E-state index contributed by atoms with van der Waals surface area (Å²) >= 11 is 1.91. The smallest absolute Gasteiger partial charge is 0.318 e. The number of thioether (sulfide) groups is 1. The highest BCUT2D eigenvalue weighted by Crippen LogP contribution is 2.29. The molecule has 0 saturated carbocycles. The van der Waals surface area contributed by atoms with E-state index in [0.29, 0.717) is 6.54 Å². The van der Waals surface area contributed by atoms with Crippen molar-refractivity contribution in [1.29, 1.82) is 0 Å². The number of nitrogens with one attached hydrogen (secondary N) is 1. The van der Waals surface area contributed by atoms with E-state index >= 15 is 0 Å². The maximum absolute atomic E-state index is 12.7. The number of hydrogen-bond donors (Lipinski definition) is 1. The first-order valence-corrected chi connectivity index (χ1v) is 9.38. The average Bonchev–Trinajstić information content (AvgIpc) is 2.92. The largest absolute Gasteiger partial charge is 0.334 e. The van der Waals surface area contributed by atoms with E-state index in [9.17, 15) is 4.79 Å². The number of hydrogen-bond acceptors (Lipinski definition) is 3. The SMILES string of the molecule is Cc1ccc([C@H]2CSCCN2C(=O)NCc2cnn(C)c2C)cc1. The molecule has 1 aromatic heterocycles. The Morgan fingerprint density at radius 1 is 1.33 bits per heavy atom. The molecule has 6 heteroatoms. The lowest BCUT2D eigenvalue weighted by Crippen LogP contribution is -2.46. The molecule has 1 fully saturated rings. The summed E-state index contributed by atoms with van der Waals surface area (Å²) in [5.74, 6) is 1.93. The second-order valence-electron chi connectivity index (χ2n) is 6.23. The van der Waals surface area contributed by atoms with Gasteiger partial charge in [-0.1, -0.05) is 29.8 Å². The van der Waals surface area contributed by atoms with Gasteiger partial charge in [0.2, 0.25) is 0 Å². The van der Waals surface area contributed by atoms with E-state index in [4.69, 9.17) is 0 Å². The maximum Gasteiger partial charge on any atom is 0.318 e. The van der Waals surface area contributed by atoms with Crippen molar-refractivity contribution in [1.82, 2.24) is 20.0 Å². The van der Waals surface area contributed by atoms with E-state index in [1.807, 2.05) is 41.5 Å². The van der Waals surface area contributed by atoms with Crippen LogP contribution in [0.4, 0.5) is 4.79 Å². The molecule has 0 bridgehead atoms. The summed E-state index contributed by atoms with van der Waals surface area (Å²) < 4.78 is 1.83. The van der Waals surface area contributed by atoms with Gasteiger partial charge in [0.15, 0.2) is 0 Å². The first-order chi connectivity index (χ1) is 11.6. The van der Waals surface area contributed by atoms with Crippen LogP contribution in [-0.2, 0) is 13.6 Å². The Bertz CT molecular complexity index is 710. The van der Waals surface area contributed by atoms with E-state index in [-0.39, 0.29) is 12.1 Å². The van der Waals surface area contributed by atoms with Crippen molar-refractivity contribution in [3.8, 4) is 0 Å². The van der Waals surface area contributed by atoms with Crippen molar-refractivity contribution < 1.29 is 4.79 Å². The number of aromatic nitrogens is 2. The van der Waals surface area contributed by atoms with Gasteiger partial charge in [-0.25, -0.2) is 4.79 Å². The van der Waals surface area contributed by atoms with Crippen LogP contribution in [0.5, 0.6) is 0 Å². The molecular formula is C18H24N4OS. The fourth-order valence-corrected chi connectivity index (χ4v) is 3.99. The van der Waals surface area contributed by atoms with Crippen LogP contribution in [0.25, 0.3) is 0 Å². The first kappa shape index (κ1) is 16.9. The summed E-state index contributed by atoms with van der Waals surface area (Å²) in [5, 5.41) is 7.28. The molecule has 1 saturated heterocycles. The Balaban J connectivity index is 1.69. The summed E-state index contributed by atoms with van der Waals surface area (Å²) in [7, 11) is 1.91. The molecule has 1 aliphatic heterocycles. The van der Waals surface area contributed by atoms with E-state index in [1.165, 1.54) is 11.1 Å². The monoisotopic (exact) mass is 344 g/mol. The van der Waals surface area contributed by atoms with Crippen LogP contribution in [0.1, 0.15) is 28.4 Å². The zero-order valence-electron chi connectivity index (χ0n) is 14.5. The van der Waals surface area contributed by atoms with Crippen molar-refractivity contribution in [3.63, 3.8) is 0 Å². The van der Waals surface area contributed by atoms with Gasteiger partial charge in [-0.05, 0) is 19.4 Å². The van der Waals surface area contributed by atoms with Crippen LogP contribution in [0.15, 0.2) is 30.5 Å². The quantitative estimate of drug-likeness (QED) is 0.931. The number of carbonyl (C=O) groups excluding carboxylic acids is 1. The molecule has 2 amide bonds. The van der Waals surface area contributed by atoms with Gasteiger partial charge >= 0.3 is 6.03 Å². The van der Waals surface area contributed by atoms with Gasteiger partial charge in [-0.3, -0.25) is 4.68 Å². The molecule has 5 nitrogen and oxygen atoms in total. The zero-order chi connectivity index (χ0) is 17.1. The van der Waals surface area contributed by atoms with Gasteiger partial charge in [-0.2, -0.15) is 16.9 Å². The first-order valence-electron chi connectivity index (χ1n) is 8.22. The molecule has 1 atom stereocenters. The molecule has 3 rings (SSSR count). The molecule has 0 spiro atoms. The van der Waals surface area contributed by atoms with Gasteiger partial charge in [0, 0.05) is 42.9 Å². The van der Waals surface area contributed by atoms with Gasteiger partial charge in [0.05, 0.1) is 12.2 Å². The fourth-order valence-electron chi connectivity index (χ4n) is 2.90. The second-order valence-corrected chi connectivity index (χ2v) is 7.38. The fraction of sp³-hybridized carbons (Fsp3) is 0.444. The van der Waals surface area contributed by atoms with Crippen molar-refractivity contribution >= 4 is 17.8 Å². The van der Waals surface area contributed by atoms with Gasteiger partial charge in [-0.15, -0.1) is 0 Å². The molecule has 2 aromatic rings. The lowest BCUT2D eigenvalue weighted by atomic mass is 10.1. The molecule has 24 heavy (non-hydrogen) atoms. The van der Waals surface area contributed by atoms with Crippen molar-refractivity contribution in [2.45, 2.75) is 26.4 Å². The normalized spacial score (nSPS) is 17.8. The Kier molecular flexibility index (Phi) is 5.14. The van der Waals surface area contributed by atoms with Gasteiger partial charge in [0.25, 0.3) is 0 Å². The molecule has 0 unspecified atom stereocenters. The highest BCUT2D eigenvalue weighted by atomic mass is 32.2. The number of urea groups is 1. The number of nitrogens with zero attached hydrogens (tertiary/aromatic N) is 3. The lowest BCUT2D eigenvalue weighted by molar-refractivity contribution is 0.182. The minimum Gasteiger partial charge on any atom is -0.334 e. The predicted molar refractivity (Wildman–Crippen MR) is 98.1 cm³/mol. The highest BCUT2D eigenvalue weighted by Gasteiger charge is 2.28. The second kappa shape index (κ2) is 7.30. The van der Waals surface area contributed by atoms with Gasteiger partial charge < -0.3 is 10.2 Å². The third-order valence-electron chi connectivity index (χ3n) is 4.62. The molecule has 1 aliphatic rings. The summed E-state index contributed by atoms with van der Waals surface area (Å²) in [6.45, 7) is 5.39. The van der Waals surface area contributed by atoms with E-state index in [0.717, 1.165) is 29.3 Å². The highest BCUT2D eigenvalue weighted by molar-refractivity contribution is 7.99. The van der Waals surface area contributed by atoms with Crippen LogP contribution in [0.2, 0.25) is 0 Å². The third kappa shape index (κ3) is 3.59. The van der Waals surface area contributed by atoms with E-state index in [1.54, 1.807) is 0 Å². The van der Waals surface area contributed by atoms with E-state index in [2.05, 4.69) is 41.6 Å². The zero-order valence-corrected chi connectivity index (χ0v) is 15.3. The topological polar surface area (TPSA) is 50.2 Å².